The van der Waals surface area contributed by atoms with Gasteiger partial charge in [-0.2, -0.15) is 0 Å². The van der Waals surface area contributed by atoms with Gasteiger partial charge in [0.05, 0.1) is 0 Å². The molecule has 0 aliphatic carbocycles. The molecule has 0 amide bonds. The highest BCUT2D eigenvalue weighted by molar-refractivity contribution is 7.55. The summed E-state index contributed by atoms with van der Waals surface area (Å²) in [5, 5.41) is 2.62. The van der Waals surface area contributed by atoms with Crippen LogP contribution in [0.5, 0.6) is 0 Å². The highest BCUT2D eigenvalue weighted by Crippen LogP contribution is 2.35. The lowest BCUT2D eigenvalue weighted by atomic mass is 10.5. The van der Waals surface area contributed by atoms with Crippen LogP contribution in [0.3, 0.4) is 0 Å². The number of hydrogen-bond acceptors (Lipinski definition) is 1. The van der Waals surface area contributed by atoms with Gasteiger partial charge in [-0.05, 0) is 12.8 Å². The molecule has 0 spiro atoms. The minimum atomic E-state index is -2.96. The minimum absolute atomic E-state index is 0.382. The Kier molecular flexibility index (Phi) is 4.96. The zero-order valence-electron chi connectivity index (χ0n) is 6.63. The molecule has 62 valence electrons. The summed E-state index contributed by atoms with van der Waals surface area (Å²) in [5.41, 5.74) is 0. The summed E-state index contributed by atoms with van der Waals surface area (Å²) in [5.74, 6) is 0. The zero-order chi connectivity index (χ0) is 8.04. The molecule has 10 heavy (non-hydrogen) atoms. The Balaban J connectivity index is 3.53. The molecule has 0 saturated heterocycles. The molecular formula is C6H16NO2P. The fourth-order valence-corrected chi connectivity index (χ4v) is 2.01. The molecule has 2 N–H and O–H groups in total. The molecule has 0 aromatic carbocycles. The van der Waals surface area contributed by atoms with Gasteiger partial charge < -0.3 is 4.89 Å². The summed E-state index contributed by atoms with van der Waals surface area (Å²) in [4.78, 5) is 9.09. The van der Waals surface area contributed by atoms with E-state index in [4.69, 9.17) is 4.89 Å². The van der Waals surface area contributed by atoms with Crippen molar-refractivity contribution in [2.24, 2.45) is 0 Å². The Morgan fingerprint density at radius 3 is 2.40 bits per heavy atom. The van der Waals surface area contributed by atoms with Gasteiger partial charge in [-0.1, -0.05) is 13.8 Å². The van der Waals surface area contributed by atoms with Crippen molar-refractivity contribution in [3.05, 3.63) is 0 Å². The molecule has 0 bridgehead atoms. The van der Waals surface area contributed by atoms with Crippen LogP contribution in [0.2, 0.25) is 0 Å². The van der Waals surface area contributed by atoms with Gasteiger partial charge in [0, 0.05) is 12.7 Å². The summed E-state index contributed by atoms with van der Waals surface area (Å²) in [6, 6.07) is 0. The number of rotatable bonds is 5. The first kappa shape index (κ1) is 10.2. The fraction of sp³-hybridized carbons (Fsp3) is 1.00. The summed E-state index contributed by atoms with van der Waals surface area (Å²) >= 11 is 0. The summed E-state index contributed by atoms with van der Waals surface area (Å²) in [6.07, 6.45) is 2.03. The quantitative estimate of drug-likeness (QED) is 0.608. The second-order valence-corrected chi connectivity index (χ2v) is 4.50. The van der Waals surface area contributed by atoms with Gasteiger partial charge in [0.25, 0.3) is 7.52 Å². The van der Waals surface area contributed by atoms with Crippen LogP contribution in [0.1, 0.15) is 26.7 Å². The molecule has 0 aromatic rings. The smallest absolute Gasteiger partial charge is 0.267 e. The van der Waals surface area contributed by atoms with Gasteiger partial charge in [0.2, 0.25) is 0 Å². The van der Waals surface area contributed by atoms with Crippen molar-refractivity contribution < 1.29 is 9.46 Å². The van der Waals surface area contributed by atoms with E-state index in [2.05, 4.69) is 5.09 Å². The SMILES string of the molecule is CCCNP(=O)(O)CCC. The van der Waals surface area contributed by atoms with E-state index in [9.17, 15) is 4.57 Å². The maximum absolute atomic E-state index is 11.0. The van der Waals surface area contributed by atoms with E-state index in [0.29, 0.717) is 12.7 Å². The van der Waals surface area contributed by atoms with Crippen molar-refractivity contribution in [1.82, 2.24) is 5.09 Å². The lowest BCUT2D eigenvalue weighted by Crippen LogP contribution is -2.12. The molecule has 3 nitrogen and oxygen atoms in total. The molecule has 0 aromatic heterocycles. The van der Waals surface area contributed by atoms with Crippen molar-refractivity contribution in [2.75, 3.05) is 12.7 Å². The Hall–Kier alpha value is 0.150. The van der Waals surface area contributed by atoms with Gasteiger partial charge in [-0.25, -0.2) is 5.09 Å². The highest BCUT2D eigenvalue weighted by Gasteiger charge is 2.13. The van der Waals surface area contributed by atoms with Gasteiger partial charge in [-0.3, -0.25) is 4.57 Å². The predicted octanol–water partition coefficient (Wildman–Crippen LogP) is 1.58. The normalized spacial score (nSPS) is 16.7. The molecule has 0 fully saturated rings. The third-order valence-electron chi connectivity index (χ3n) is 1.14. The van der Waals surface area contributed by atoms with Gasteiger partial charge >= 0.3 is 0 Å². The van der Waals surface area contributed by atoms with Crippen molar-refractivity contribution in [3.63, 3.8) is 0 Å². The Bertz CT molecular complexity index is 127. The maximum atomic E-state index is 11.0. The molecule has 0 saturated carbocycles. The van der Waals surface area contributed by atoms with E-state index in [1.165, 1.54) is 0 Å². The van der Waals surface area contributed by atoms with Crippen LogP contribution in [-0.4, -0.2) is 17.6 Å². The van der Waals surface area contributed by atoms with Gasteiger partial charge in [0.1, 0.15) is 0 Å². The van der Waals surface area contributed by atoms with Crippen LogP contribution in [-0.2, 0) is 4.57 Å². The fourth-order valence-electron chi connectivity index (χ4n) is 0.669. The number of nitrogens with one attached hydrogen (secondary N) is 1. The molecule has 0 radical (unpaired) electrons. The summed E-state index contributed by atoms with van der Waals surface area (Å²) < 4.78 is 11.0. The average molecular weight is 165 g/mol. The third kappa shape index (κ3) is 4.98. The number of hydrogen-bond donors (Lipinski definition) is 2. The van der Waals surface area contributed by atoms with Crippen LogP contribution >= 0.6 is 7.52 Å². The first-order valence-corrected chi connectivity index (χ1v) is 5.53. The van der Waals surface area contributed by atoms with E-state index < -0.39 is 7.52 Å². The Labute approximate surface area is 62.3 Å². The largest absolute Gasteiger partial charge is 0.333 e. The van der Waals surface area contributed by atoms with E-state index in [1.807, 2.05) is 13.8 Å². The second-order valence-electron chi connectivity index (χ2n) is 2.33. The molecule has 0 aliphatic heterocycles. The van der Waals surface area contributed by atoms with Crippen LogP contribution < -0.4 is 5.09 Å². The van der Waals surface area contributed by atoms with E-state index in [-0.39, 0.29) is 0 Å². The molecular weight excluding hydrogens is 149 g/mol. The van der Waals surface area contributed by atoms with Crippen LogP contribution in [0.15, 0.2) is 0 Å². The zero-order valence-corrected chi connectivity index (χ0v) is 7.53. The molecule has 0 aliphatic rings. The first-order chi connectivity index (χ1) is 4.62. The minimum Gasteiger partial charge on any atom is -0.333 e. The highest BCUT2D eigenvalue weighted by atomic mass is 31.2. The molecule has 1 unspecified atom stereocenters. The average Bonchev–Trinajstić information content (AvgIpc) is 1.84. The summed E-state index contributed by atoms with van der Waals surface area (Å²) in [7, 11) is -2.96. The summed E-state index contributed by atoms with van der Waals surface area (Å²) in [6.45, 7) is 4.50. The van der Waals surface area contributed by atoms with Crippen molar-refractivity contribution in [2.45, 2.75) is 26.7 Å². The van der Waals surface area contributed by atoms with Gasteiger partial charge in [0.15, 0.2) is 0 Å². The standard InChI is InChI=1S/C6H16NO2P/c1-3-5-7-10(8,9)6-4-2/h3-6H2,1-2H3,(H2,7,8,9). The molecule has 0 rings (SSSR count). The van der Waals surface area contributed by atoms with Crippen molar-refractivity contribution in [1.29, 1.82) is 0 Å². The monoisotopic (exact) mass is 165 g/mol. The van der Waals surface area contributed by atoms with Gasteiger partial charge in [-0.15, -0.1) is 0 Å². The second kappa shape index (κ2) is 4.89. The Morgan fingerprint density at radius 1 is 1.40 bits per heavy atom. The van der Waals surface area contributed by atoms with Crippen LogP contribution in [0.4, 0.5) is 0 Å². The van der Waals surface area contributed by atoms with E-state index >= 15 is 0 Å². The molecule has 0 heterocycles. The maximum Gasteiger partial charge on any atom is 0.267 e. The predicted molar refractivity (Wildman–Crippen MR) is 43.3 cm³/mol. The Morgan fingerprint density at radius 2 is 2.00 bits per heavy atom. The third-order valence-corrected chi connectivity index (χ3v) is 2.91. The first-order valence-electron chi connectivity index (χ1n) is 3.69. The lowest BCUT2D eigenvalue weighted by molar-refractivity contribution is 0.461. The molecule has 1 atom stereocenters. The molecule has 4 heteroatoms. The topological polar surface area (TPSA) is 49.3 Å². The van der Waals surface area contributed by atoms with E-state index in [0.717, 1.165) is 12.8 Å². The lowest BCUT2D eigenvalue weighted by Gasteiger charge is -2.10. The van der Waals surface area contributed by atoms with Crippen molar-refractivity contribution >= 4 is 7.52 Å². The van der Waals surface area contributed by atoms with Crippen LogP contribution in [0, 0.1) is 0 Å². The van der Waals surface area contributed by atoms with Crippen molar-refractivity contribution in [3.8, 4) is 0 Å². The van der Waals surface area contributed by atoms with E-state index in [1.54, 1.807) is 0 Å². The van der Waals surface area contributed by atoms with Crippen LogP contribution in [0.25, 0.3) is 0 Å².